The first-order valence-corrected chi connectivity index (χ1v) is 5.67. The minimum atomic E-state index is 0.0452. The van der Waals surface area contributed by atoms with Crippen LogP contribution >= 0.6 is 0 Å². The van der Waals surface area contributed by atoms with E-state index >= 15 is 0 Å². The Morgan fingerprint density at radius 2 is 1.86 bits per heavy atom. The van der Waals surface area contributed by atoms with Crippen molar-refractivity contribution in [2.75, 3.05) is 0 Å². The van der Waals surface area contributed by atoms with Gasteiger partial charge < -0.3 is 5.32 Å². The van der Waals surface area contributed by atoms with Crippen molar-refractivity contribution in [2.24, 2.45) is 0 Å². The molecule has 0 aromatic heterocycles. The smallest absolute Gasteiger partial charge is 0.220 e. The minimum Gasteiger partial charge on any atom is -0.330 e. The third kappa shape index (κ3) is 7.84. The van der Waals surface area contributed by atoms with Gasteiger partial charge in [-0.25, -0.2) is 0 Å². The third-order valence-electron chi connectivity index (χ3n) is 2.08. The fourth-order valence-corrected chi connectivity index (χ4v) is 1.29. The van der Waals surface area contributed by atoms with Gasteiger partial charge in [-0.1, -0.05) is 39.2 Å². The van der Waals surface area contributed by atoms with Crippen LogP contribution in [0.4, 0.5) is 0 Å². The van der Waals surface area contributed by atoms with E-state index in [9.17, 15) is 4.79 Å². The molecule has 0 fully saturated rings. The maximum Gasteiger partial charge on any atom is 0.220 e. The summed E-state index contributed by atoms with van der Waals surface area (Å²) in [7, 11) is 0. The highest BCUT2D eigenvalue weighted by atomic mass is 16.1. The van der Waals surface area contributed by atoms with Crippen molar-refractivity contribution in [3.8, 4) is 0 Å². The molecule has 0 unspecified atom stereocenters. The monoisotopic (exact) mass is 197 g/mol. The average molecular weight is 197 g/mol. The van der Waals surface area contributed by atoms with Crippen molar-refractivity contribution in [1.29, 1.82) is 0 Å². The topological polar surface area (TPSA) is 29.1 Å². The van der Waals surface area contributed by atoms with Crippen LogP contribution in [-0.4, -0.2) is 5.91 Å². The van der Waals surface area contributed by atoms with Crippen molar-refractivity contribution in [1.82, 2.24) is 5.32 Å². The Bertz CT molecular complexity index is 185. The lowest BCUT2D eigenvalue weighted by Gasteiger charge is -2.07. The molecule has 0 aliphatic heterocycles. The molecule has 14 heavy (non-hydrogen) atoms. The molecule has 0 saturated heterocycles. The van der Waals surface area contributed by atoms with E-state index in [1.807, 2.05) is 0 Å². The van der Waals surface area contributed by atoms with Gasteiger partial charge in [-0.3, -0.25) is 4.79 Å². The SMILES string of the molecule is CCCC/C=C(\CCCC)NC(C)=O. The van der Waals surface area contributed by atoms with E-state index in [1.165, 1.54) is 19.3 Å². The summed E-state index contributed by atoms with van der Waals surface area (Å²) >= 11 is 0. The van der Waals surface area contributed by atoms with Gasteiger partial charge >= 0.3 is 0 Å². The fraction of sp³-hybridized carbons (Fsp3) is 0.750. The third-order valence-corrected chi connectivity index (χ3v) is 2.08. The Kier molecular flexibility index (Phi) is 8.30. The van der Waals surface area contributed by atoms with Crippen LogP contribution in [0, 0.1) is 0 Å². The summed E-state index contributed by atoms with van der Waals surface area (Å²) in [5.74, 6) is 0.0452. The molecule has 0 aromatic rings. The Morgan fingerprint density at radius 3 is 2.36 bits per heavy atom. The highest BCUT2D eigenvalue weighted by Gasteiger charge is 1.98. The first-order chi connectivity index (χ1) is 6.70. The van der Waals surface area contributed by atoms with Crippen LogP contribution in [0.2, 0.25) is 0 Å². The van der Waals surface area contributed by atoms with Gasteiger partial charge in [0.25, 0.3) is 0 Å². The van der Waals surface area contributed by atoms with Crippen LogP contribution in [0.15, 0.2) is 11.8 Å². The van der Waals surface area contributed by atoms with Gasteiger partial charge in [0, 0.05) is 12.6 Å². The lowest BCUT2D eigenvalue weighted by molar-refractivity contribution is -0.118. The number of hydrogen-bond donors (Lipinski definition) is 1. The molecule has 0 atom stereocenters. The number of nitrogens with one attached hydrogen (secondary N) is 1. The molecule has 0 bridgehead atoms. The summed E-state index contributed by atoms with van der Waals surface area (Å²) < 4.78 is 0. The Morgan fingerprint density at radius 1 is 1.21 bits per heavy atom. The number of amides is 1. The van der Waals surface area contributed by atoms with Gasteiger partial charge in [-0.05, 0) is 19.3 Å². The first kappa shape index (κ1) is 13.2. The molecule has 1 amide bonds. The minimum absolute atomic E-state index is 0.0452. The maximum atomic E-state index is 10.9. The molecular weight excluding hydrogens is 174 g/mol. The number of carbonyl (C=O) groups is 1. The molecule has 0 aromatic carbocycles. The van der Waals surface area contributed by atoms with E-state index in [1.54, 1.807) is 6.92 Å². The van der Waals surface area contributed by atoms with Crippen molar-refractivity contribution >= 4 is 5.91 Å². The van der Waals surface area contributed by atoms with Crippen LogP contribution < -0.4 is 5.32 Å². The molecule has 2 nitrogen and oxygen atoms in total. The molecule has 1 N–H and O–H groups in total. The highest BCUT2D eigenvalue weighted by Crippen LogP contribution is 2.07. The normalized spacial score (nSPS) is 11.5. The molecule has 0 rings (SSSR count). The maximum absolute atomic E-state index is 10.9. The van der Waals surface area contributed by atoms with Crippen LogP contribution in [0.25, 0.3) is 0 Å². The average Bonchev–Trinajstić information content (AvgIpc) is 2.13. The zero-order valence-corrected chi connectivity index (χ0v) is 9.73. The van der Waals surface area contributed by atoms with Crippen LogP contribution in [0.3, 0.4) is 0 Å². The predicted octanol–water partition coefficient (Wildman–Crippen LogP) is 3.39. The Labute approximate surface area is 87.8 Å². The van der Waals surface area contributed by atoms with Crippen LogP contribution in [0.1, 0.15) is 59.3 Å². The second-order valence-electron chi connectivity index (χ2n) is 3.66. The molecule has 0 spiro atoms. The zero-order valence-electron chi connectivity index (χ0n) is 9.73. The summed E-state index contributed by atoms with van der Waals surface area (Å²) in [4.78, 5) is 10.9. The first-order valence-electron chi connectivity index (χ1n) is 5.67. The summed E-state index contributed by atoms with van der Waals surface area (Å²) in [5, 5.41) is 2.90. The summed E-state index contributed by atoms with van der Waals surface area (Å²) in [6.07, 6.45) is 8.98. The van der Waals surface area contributed by atoms with Gasteiger partial charge in [0.2, 0.25) is 5.91 Å². The van der Waals surface area contributed by atoms with E-state index < -0.39 is 0 Å². The van der Waals surface area contributed by atoms with Gasteiger partial charge in [0.1, 0.15) is 0 Å². The van der Waals surface area contributed by atoms with Crippen LogP contribution in [0.5, 0.6) is 0 Å². The molecule has 0 radical (unpaired) electrons. The Balaban J connectivity index is 3.94. The molecule has 82 valence electrons. The quantitative estimate of drug-likeness (QED) is 0.623. The zero-order chi connectivity index (χ0) is 10.8. The number of unbranched alkanes of at least 4 members (excludes halogenated alkanes) is 3. The lowest BCUT2D eigenvalue weighted by Crippen LogP contribution is -2.19. The number of rotatable bonds is 7. The molecule has 0 aliphatic carbocycles. The van der Waals surface area contributed by atoms with Crippen molar-refractivity contribution in [3.05, 3.63) is 11.8 Å². The van der Waals surface area contributed by atoms with Crippen molar-refractivity contribution < 1.29 is 4.79 Å². The lowest BCUT2D eigenvalue weighted by atomic mass is 10.1. The summed E-state index contributed by atoms with van der Waals surface area (Å²) in [6, 6.07) is 0. The summed E-state index contributed by atoms with van der Waals surface area (Å²) in [6.45, 7) is 5.91. The van der Waals surface area contributed by atoms with Crippen molar-refractivity contribution in [3.63, 3.8) is 0 Å². The highest BCUT2D eigenvalue weighted by molar-refractivity contribution is 5.74. The van der Waals surface area contributed by atoms with Gasteiger partial charge in [0.15, 0.2) is 0 Å². The number of carbonyl (C=O) groups excluding carboxylic acids is 1. The standard InChI is InChI=1S/C12H23NO/c1-4-6-8-10-12(9-7-5-2)13-11(3)14/h10H,4-9H2,1-3H3,(H,13,14)/b12-10+. The summed E-state index contributed by atoms with van der Waals surface area (Å²) in [5.41, 5.74) is 1.10. The number of hydrogen-bond acceptors (Lipinski definition) is 1. The largest absolute Gasteiger partial charge is 0.330 e. The van der Waals surface area contributed by atoms with E-state index in [2.05, 4.69) is 25.2 Å². The molecule has 2 heteroatoms. The van der Waals surface area contributed by atoms with Crippen molar-refractivity contribution in [2.45, 2.75) is 59.3 Å². The Hall–Kier alpha value is -0.790. The second-order valence-corrected chi connectivity index (χ2v) is 3.66. The van der Waals surface area contributed by atoms with Crippen LogP contribution in [-0.2, 0) is 4.79 Å². The van der Waals surface area contributed by atoms with E-state index in [4.69, 9.17) is 0 Å². The molecule has 0 heterocycles. The molecular formula is C12H23NO. The number of allylic oxidation sites excluding steroid dienone is 2. The molecule has 0 saturated carbocycles. The molecule has 0 aliphatic rings. The predicted molar refractivity (Wildman–Crippen MR) is 60.9 cm³/mol. The van der Waals surface area contributed by atoms with E-state index in [-0.39, 0.29) is 5.91 Å². The van der Waals surface area contributed by atoms with Gasteiger partial charge in [0.05, 0.1) is 0 Å². The van der Waals surface area contributed by atoms with E-state index in [0.717, 1.165) is 25.0 Å². The second kappa shape index (κ2) is 8.79. The van der Waals surface area contributed by atoms with Gasteiger partial charge in [-0.2, -0.15) is 0 Å². The van der Waals surface area contributed by atoms with Gasteiger partial charge in [-0.15, -0.1) is 0 Å². The van der Waals surface area contributed by atoms with E-state index in [0.29, 0.717) is 0 Å². The fourth-order valence-electron chi connectivity index (χ4n) is 1.29.